The standard InChI is InChI=1S/C51H29N3O2S/c1-3-12-30(13-4-1)49-52-50(31-14-5-2-6-15-31)54-51(53-49)33-22-24-35-40-28-32(23-27-44(40)57-45(35)29-33)34-25-26-37(47-39-17-8-10-20-42(39)56-48(34)47)36-18-11-21-43-46(36)38-16-7-9-19-41(38)55-43/h1-29H/i1D,2D,3D,4D,5D,6D,12D,13D,14D,15D. The van der Waals surface area contributed by atoms with E-state index >= 15 is 0 Å². The molecule has 4 heterocycles. The summed E-state index contributed by atoms with van der Waals surface area (Å²) < 4.78 is 99.2. The molecular weight excluding hydrogens is 719 g/mol. The van der Waals surface area contributed by atoms with Crippen LogP contribution in [0.3, 0.4) is 0 Å². The molecule has 0 saturated heterocycles. The zero-order chi connectivity index (χ0) is 46.2. The third kappa shape index (κ3) is 5.12. The summed E-state index contributed by atoms with van der Waals surface area (Å²) in [4.78, 5) is 13.7. The van der Waals surface area contributed by atoms with Gasteiger partial charge in [-0.15, -0.1) is 11.3 Å². The number of fused-ring (bicyclic) bond motifs is 9. The monoisotopic (exact) mass is 757 g/mol. The minimum absolute atomic E-state index is 0.00476. The Morgan fingerprint density at radius 1 is 0.404 bits per heavy atom. The van der Waals surface area contributed by atoms with Crippen molar-refractivity contribution in [2.24, 2.45) is 0 Å². The number of thiophene rings is 1. The molecule has 0 bridgehead atoms. The Balaban J connectivity index is 1.02. The number of furan rings is 2. The van der Waals surface area contributed by atoms with E-state index in [0.717, 1.165) is 86.3 Å². The largest absolute Gasteiger partial charge is 0.456 e. The quantitative estimate of drug-likeness (QED) is 0.175. The second kappa shape index (κ2) is 12.6. The molecule has 0 spiro atoms. The fourth-order valence-electron chi connectivity index (χ4n) is 7.82. The lowest BCUT2D eigenvalue weighted by Crippen LogP contribution is -1.99. The van der Waals surface area contributed by atoms with Crippen LogP contribution in [0.5, 0.6) is 0 Å². The Bertz CT molecular complexity index is 4000. The molecule has 6 heteroatoms. The van der Waals surface area contributed by atoms with Crippen LogP contribution in [0.1, 0.15) is 13.7 Å². The van der Waals surface area contributed by atoms with Gasteiger partial charge in [0.25, 0.3) is 0 Å². The molecule has 0 aliphatic rings. The van der Waals surface area contributed by atoms with Gasteiger partial charge in [0.1, 0.15) is 22.3 Å². The zero-order valence-electron chi connectivity index (χ0n) is 39.5. The van der Waals surface area contributed by atoms with E-state index in [1.165, 1.54) is 0 Å². The van der Waals surface area contributed by atoms with Gasteiger partial charge < -0.3 is 8.83 Å². The van der Waals surface area contributed by atoms with Crippen molar-refractivity contribution in [2.45, 2.75) is 0 Å². The van der Waals surface area contributed by atoms with Crippen molar-refractivity contribution < 1.29 is 22.5 Å². The van der Waals surface area contributed by atoms with E-state index in [2.05, 4.69) is 63.5 Å². The van der Waals surface area contributed by atoms with Crippen molar-refractivity contribution in [3.05, 3.63) is 176 Å². The average molecular weight is 758 g/mol. The third-order valence-corrected chi connectivity index (χ3v) is 11.5. The van der Waals surface area contributed by atoms with Crippen molar-refractivity contribution in [1.82, 2.24) is 15.0 Å². The predicted octanol–water partition coefficient (Wildman–Crippen LogP) is 14.4. The first kappa shape index (κ1) is 23.5. The number of aromatic nitrogens is 3. The molecule has 12 rings (SSSR count). The molecule has 0 N–H and O–H groups in total. The summed E-state index contributed by atoms with van der Waals surface area (Å²) in [5, 5.41) is 5.99. The molecule has 0 unspecified atom stereocenters. The summed E-state index contributed by atoms with van der Waals surface area (Å²) in [5.74, 6) is -0.629. The Labute approximate surface area is 344 Å². The predicted molar refractivity (Wildman–Crippen MR) is 234 cm³/mol. The van der Waals surface area contributed by atoms with E-state index in [-0.39, 0.29) is 28.6 Å². The second-order valence-electron chi connectivity index (χ2n) is 13.6. The number of benzene rings is 8. The van der Waals surface area contributed by atoms with Crippen molar-refractivity contribution in [1.29, 1.82) is 0 Å². The normalized spacial score (nSPS) is 14.3. The van der Waals surface area contributed by atoms with Crippen molar-refractivity contribution in [2.75, 3.05) is 0 Å². The number of hydrogen-bond donors (Lipinski definition) is 0. The fourth-order valence-corrected chi connectivity index (χ4v) is 8.94. The number of hydrogen-bond acceptors (Lipinski definition) is 6. The smallest absolute Gasteiger partial charge is 0.164 e. The van der Waals surface area contributed by atoms with Crippen molar-refractivity contribution in [3.63, 3.8) is 0 Å². The van der Waals surface area contributed by atoms with E-state index in [0.29, 0.717) is 5.56 Å². The molecule has 57 heavy (non-hydrogen) atoms. The van der Waals surface area contributed by atoms with Crippen LogP contribution in [0.4, 0.5) is 0 Å². The van der Waals surface area contributed by atoms with Crippen molar-refractivity contribution in [3.8, 4) is 56.4 Å². The number of nitrogens with zero attached hydrogens (tertiary/aromatic N) is 3. The minimum atomic E-state index is -0.606. The minimum Gasteiger partial charge on any atom is -0.456 e. The highest BCUT2D eigenvalue weighted by Gasteiger charge is 2.21. The lowest BCUT2D eigenvalue weighted by Gasteiger charge is -2.10. The first-order valence-corrected chi connectivity index (χ1v) is 18.9. The van der Waals surface area contributed by atoms with Gasteiger partial charge in [-0.3, -0.25) is 0 Å². The van der Waals surface area contributed by atoms with E-state index in [1.807, 2.05) is 60.7 Å². The van der Waals surface area contributed by atoms with Gasteiger partial charge in [0.15, 0.2) is 17.5 Å². The Kier molecular flexibility index (Phi) is 5.18. The average Bonchev–Trinajstić information content (AvgIpc) is 4.05. The van der Waals surface area contributed by atoms with Gasteiger partial charge in [0.05, 0.1) is 13.7 Å². The van der Waals surface area contributed by atoms with Crippen LogP contribution >= 0.6 is 11.3 Å². The summed E-state index contributed by atoms with van der Waals surface area (Å²) in [6.07, 6.45) is 0. The number of rotatable bonds is 5. The van der Waals surface area contributed by atoms with Gasteiger partial charge >= 0.3 is 0 Å². The molecule has 0 fully saturated rings. The first-order chi connectivity index (χ1) is 32.4. The van der Waals surface area contributed by atoms with Crippen LogP contribution in [0.25, 0.3) is 120 Å². The summed E-state index contributed by atoms with van der Waals surface area (Å²) in [7, 11) is 0. The van der Waals surface area contributed by atoms with Crippen molar-refractivity contribution >= 4 is 75.4 Å². The van der Waals surface area contributed by atoms with Gasteiger partial charge in [0, 0.05) is 64.0 Å². The Morgan fingerprint density at radius 3 is 1.74 bits per heavy atom. The first-order valence-electron chi connectivity index (χ1n) is 23.1. The summed E-state index contributed by atoms with van der Waals surface area (Å²) in [6, 6.07) is 32.5. The zero-order valence-corrected chi connectivity index (χ0v) is 30.4. The fraction of sp³-hybridized carbons (Fsp3) is 0. The van der Waals surface area contributed by atoms with Crippen LogP contribution in [0.2, 0.25) is 0 Å². The molecule has 8 aromatic carbocycles. The molecule has 12 aromatic rings. The maximum Gasteiger partial charge on any atom is 0.164 e. The highest BCUT2D eigenvalue weighted by Crippen LogP contribution is 2.46. The van der Waals surface area contributed by atoms with Crippen LogP contribution in [-0.2, 0) is 0 Å². The van der Waals surface area contributed by atoms with Crippen LogP contribution < -0.4 is 0 Å². The number of para-hydroxylation sites is 2. The maximum atomic E-state index is 8.69. The summed E-state index contributed by atoms with van der Waals surface area (Å²) in [5.41, 5.74) is 6.91. The van der Waals surface area contributed by atoms with E-state index < -0.39 is 60.4 Å². The van der Waals surface area contributed by atoms with Gasteiger partial charge in [-0.2, -0.15) is 0 Å². The van der Waals surface area contributed by atoms with E-state index in [1.54, 1.807) is 17.4 Å². The maximum absolute atomic E-state index is 8.69. The Morgan fingerprint density at radius 2 is 1.00 bits per heavy atom. The third-order valence-electron chi connectivity index (χ3n) is 10.3. The van der Waals surface area contributed by atoms with Gasteiger partial charge in [-0.25, -0.2) is 15.0 Å². The molecule has 4 aromatic heterocycles. The van der Waals surface area contributed by atoms with Gasteiger partial charge in [-0.1, -0.05) is 133 Å². The van der Waals surface area contributed by atoms with Crippen LogP contribution in [0, 0.1) is 0 Å². The molecule has 0 radical (unpaired) electrons. The molecule has 0 saturated carbocycles. The summed E-state index contributed by atoms with van der Waals surface area (Å²) >= 11 is 1.54. The SMILES string of the molecule is [2H]c1c([2H])c([2H])c(-c2nc(-c3ccc4c(c3)sc3ccc(-c5ccc(-c6cccc7oc8ccccc8c67)c6c5oc5ccccc56)cc34)nc(-c3c([2H])c([2H])c([2H])c([2H])c3[2H])n2)c([2H])c1[2H]. The van der Waals surface area contributed by atoms with E-state index in [9.17, 15) is 0 Å². The highest BCUT2D eigenvalue weighted by atomic mass is 32.1. The molecule has 266 valence electrons. The molecule has 0 amide bonds. The molecule has 0 aliphatic carbocycles. The second-order valence-corrected chi connectivity index (χ2v) is 14.7. The van der Waals surface area contributed by atoms with Crippen LogP contribution in [0.15, 0.2) is 185 Å². The topological polar surface area (TPSA) is 65.0 Å². The van der Waals surface area contributed by atoms with Crippen LogP contribution in [-0.4, -0.2) is 15.0 Å². The molecular formula is C51H29N3O2S. The van der Waals surface area contributed by atoms with Gasteiger partial charge in [-0.05, 0) is 59.2 Å². The molecule has 5 nitrogen and oxygen atoms in total. The summed E-state index contributed by atoms with van der Waals surface area (Å²) in [6.45, 7) is 0. The lowest BCUT2D eigenvalue weighted by molar-refractivity contribution is 0.668. The molecule has 0 atom stereocenters. The Hall–Kier alpha value is -7.41. The lowest BCUT2D eigenvalue weighted by atomic mass is 9.92. The van der Waals surface area contributed by atoms with Gasteiger partial charge in [0.2, 0.25) is 0 Å². The highest BCUT2D eigenvalue weighted by molar-refractivity contribution is 7.25. The van der Waals surface area contributed by atoms with E-state index in [4.69, 9.17) is 22.5 Å². The molecule has 0 aliphatic heterocycles.